The van der Waals surface area contributed by atoms with Crippen molar-refractivity contribution in [3.05, 3.63) is 50.2 Å². The van der Waals surface area contributed by atoms with E-state index in [1.54, 1.807) is 22.9 Å². The van der Waals surface area contributed by atoms with Gasteiger partial charge in [0.05, 0.1) is 10.9 Å². The van der Waals surface area contributed by atoms with E-state index in [4.69, 9.17) is 0 Å². The summed E-state index contributed by atoms with van der Waals surface area (Å²) in [5, 5.41) is 6.43. The first kappa shape index (κ1) is 18.2. The number of carbonyl (C=O) groups is 2. The molecule has 2 aliphatic heterocycles. The predicted octanol–water partition coefficient (Wildman–Crippen LogP) is 3.06. The van der Waals surface area contributed by atoms with Crippen molar-refractivity contribution in [2.75, 3.05) is 26.2 Å². The average molecular weight is 477 g/mol. The monoisotopic (exact) mass is 476 g/mol. The molecule has 28 heavy (non-hydrogen) atoms. The van der Waals surface area contributed by atoms with Gasteiger partial charge < -0.3 is 10.2 Å². The Morgan fingerprint density at radius 3 is 2.75 bits per heavy atom. The molecule has 2 saturated heterocycles. The maximum atomic E-state index is 12.7. The lowest BCUT2D eigenvalue weighted by Gasteiger charge is -2.51. The van der Waals surface area contributed by atoms with Crippen molar-refractivity contribution >= 4 is 60.5 Å². The van der Waals surface area contributed by atoms with E-state index in [1.165, 1.54) is 11.3 Å². The van der Waals surface area contributed by atoms with Crippen LogP contribution in [0.25, 0.3) is 10.1 Å². The van der Waals surface area contributed by atoms with Crippen LogP contribution in [-0.2, 0) is 0 Å². The maximum Gasteiger partial charge on any atom is 0.280 e. The summed E-state index contributed by atoms with van der Waals surface area (Å²) >= 11 is 6.37. The molecule has 1 N–H and O–H groups in total. The third kappa shape index (κ3) is 3.36. The van der Waals surface area contributed by atoms with E-state index >= 15 is 0 Å². The summed E-state index contributed by atoms with van der Waals surface area (Å²) in [6, 6.07) is 8.62. The number of rotatable bonds is 4. The number of fused-ring (bicyclic) bond motifs is 1. The molecule has 2 aliphatic rings. The molecular formula is C19H17BrN4O2S2. The van der Waals surface area contributed by atoms with Gasteiger partial charge in [0.1, 0.15) is 0 Å². The molecule has 0 spiro atoms. The number of benzene rings is 1. The van der Waals surface area contributed by atoms with Crippen LogP contribution in [0.15, 0.2) is 40.3 Å². The van der Waals surface area contributed by atoms with E-state index in [-0.39, 0.29) is 17.9 Å². The summed E-state index contributed by atoms with van der Waals surface area (Å²) in [6.45, 7) is 3.18. The van der Waals surface area contributed by atoms with Crippen molar-refractivity contribution in [2.24, 2.45) is 0 Å². The van der Waals surface area contributed by atoms with Crippen molar-refractivity contribution < 1.29 is 9.59 Å². The highest BCUT2D eigenvalue weighted by Crippen LogP contribution is 2.31. The van der Waals surface area contributed by atoms with Gasteiger partial charge >= 0.3 is 0 Å². The number of halogens is 1. The SMILES string of the molecule is O=C(NC1CN(C2CN(C(=O)c3cc4ccc(Br)cc4s3)C2)C1)c1nccs1. The number of hydrogen-bond donors (Lipinski definition) is 1. The van der Waals surface area contributed by atoms with Crippen LogP contribution >= 0.6 is 38.6 Å². The van der Waals surface area contributed by atoms with Gasteiger partial charge in [-0.3, -0.25) is 14.5 Å². The van der Waals surface area contributed by atoms with Crippen LogP contribution in [-0.4, -0.2) is 64.9 Å². The molecule has 0 atom stereocenters. The molecule has 1 aromatic carbocycles. The Kier molecular flexibility index (Phi) is 4.70. The van der Waals surface area contributed by atoms with E-state index in [2.05, 4.69) is 37.2 Å². The molecule has 9 heteroatoms. The number of carbonyl (C=O) groups excluding carboxylic acids is 2. The minimum absolute atomic E-state index is 0.0959. The van der Waals surface area contributed by atoms with Gasteiger partial charge in [0.2, 0.25) is 0 Å². The van der Waals surface area contributed by atoms with Gasteiger partial charge in [-0.05, 0) is 23.6 Å². The number of hydrogen-bond acceptors (Lipinski definition) is 6. The first-order valence-electron chi connectivity index (χ1n) is 8.99. The van der Waals surface area contributed by atoms with E-state index in [0.717, 1.165) is 45.6 Å². The second kappa shape index (κ2) is 7.22. The average Bonchev–Trinajstić information content (AvgIpc) is 3.26. The van der Waals surface area contributed by atoms with Crippen LogP contribution in [0.1, 0.15) is 19.5 Å². The van der Waals surface area contributed by atoms with Crippen molar-refractivity contribution in [3.63, 3.8) is 0 Å². The number of amides is 2. The van der Waals surface area contributed by atoms with Gasteiger partial charge in [-0.2, -0.15) is 0 Å². The fraction of sp³-hybridized carbons (Fsp3) is 0.316. The van der Waals surface area contributed by atoms with Crippen molar-refractivity contribution in [3.8, 4) is 0 Å². The maximum absolute atomic E-state index is 12.7. The normalized spacial score (nSPS) is 18.1. The van der Waals surface area contributed by atoms with Gasteiger partial charge in [0.25, 0.3) is 11.8 Å². The summed E-state index contributed by atoms with van der Waals surface area (Å²) in [6.07, 6.45) is 1.64. The first-order valence-corrected chi connectivity index (χ1v) is 11.5. The van der Waals surface area contributed by atoms with Crippen LogP contribution in [0.2, 0.25) is 0 Å². The van der Waals surface area contributed by atoms with Crippen LogP contribution < -0.4 is 5.32 Å². The molecule has 0 radical (unpaired) electrons. The molecule has 6 nitrogen and oxygen atoms in total. The highest BCUT2D eigenvalue weighted by Gasteiger charge is 2.41. The number of likely N-dealkylation sites (tertiary alicyclic amines) is 2. The Morgan fingerprint density at radius 2 is 2.00 bits per heavy atom. The Bertz CT molecular complexity index is 1040. The highest BCUT2D eigenvalue weighted by atomic mass is 79.9. The van der Waals surface area contributed by atoms with Crippen LogP contribution in [0.5, 0.6) is 0 Å². The lowest BCUT2D eigenvalue weighted by Crippen LogP contribution is -2.70. The zero-order valence-corrected chi connectivity index (χ0v) is 18.0. The van der Waals surface area contributed by atoms with Gasteiger partial charge in [-0.15, -0.1) is 22.7 Å². The molecule has 5 rings (SSSR count). The van der Waals surface area contributed by atoms with Crippen LogP contribution in [0.3, 0.4) is 0 Å². The molecule has 0 bridgehead atoms. The summed E-state index contributed by atoms with van der Waals surface area (Å²) in [4.78, 5) is 33.8. The second-order valence-corrected chi connectivity index (χ2v) is 10.0. The quantitative estimate of drug-likeness (QED) is 0.628. The first-order chi connectivity index (χ1) is 13.6. The number of nitrogens with one attached hydrogen (secondary N) is 1. The van der Waals surface area contributed by atoms with Gasteiger partial charge in [-0.1, -0.05) is 22.0 Å². The fourth-order valence-electron chi connectivity index (χ4n) is 3.60. The predicted molar refractivity (Wildman–Crippen MR) is 114 cm³/mol. The Morgan fingerprint density at radius 1 is 1.18 bits per heavy atom. The minimum atomic E-state index is -0.0959. The molecule has 2 fully saturated rings. The number of thiophene rings is 1. The fourth-order valence-corrected chi connectivity index (χ4v) is 5.72. The van der Waals surface area contributed by atoms with E-state index in [9.17, 15) is 9.59 Å². The third-order valence-corrected chi connectivity index (χ3v) is 7.58. The molecule has 2 amide bonds. The molecule has 0 unspecified atom stereocenters. The van der Waals surface area contributed by atoms with E-state index in [0.29, 0.717) is 11.0 Å². The second-order valence-electron chi connectivity index (χ2n) is 7.12. The molecule has 0 saturated carbocycles. The van der Waals surface area contributed by atoms with E-state index in [1.807, 2.05) is 23.1 Å². The smallest absolute Gasteiger partial charge is 0.280 e. The molecule has 4 heterocycles. The van der Waals surface area contributed by atoms with Crippen LogP contribution in [0, 0.1) is 0 Å². The highest BCUT2D eigenvalue weighted by molar-refractivity contribution is 9.10. The van der Waals surface area contributed by atoms with Crippen LogP contribution in [0.4, 0.5) is 0 Å². The van der Waals surface area contributed by atoms with Gasteiger partial charge in [0.15, 0.2) is 5.01 Å². The Hall–Kier alpha value is -1.81. The Balaban J connectivity index is 1.12. The minimum Gasteiger partial charge on any atom is -0.345 e. The topological polar surface area (TPSA) is 65.5 Å². The Labute approximate surface area is 178 Å². The summed E-state index contributed by atoms with van der Waals surface area (Å²) in [5.41, 5.74) is 0. The largest absolute Gasteiger partial charge is 0.345 e. The molecule has 144 valence electrons. The van der Waals surface area contributed by atoms with Gasteiger partial charge in [-0.25, -0.2) is 4.98 Å². The number of nitrogens with zero attached hydrogens (tertiary/aromatic N) is 3. The molecular weight excluding hydrogens is 460 g/mol. The van der Waals surface area contributed by atoms with Crippen molar-refractivity contribution in [1.29, 1.82) is 0 Å². The van der Waals surface area contributed by atoms with Crippen molar-refractivity contribution in [1.82, 2.24) is 20.1 Å². The number of aromatic nitrogens is 1. The van der Waals surface area contributed by atoms with Gasteiger partial charge in [0, 0.05) is 53.0 Å². The zero-order chi connectivity index (χ0) is 19.3. The summed E-state index contributed by atoms with van der Waals surface area (Å²) < 4.78 is 2.15. The lowest BCUT2D eigenvalue weighted by atomic mass is 9.99. The molecule has 3 aromatic rings. The third-order valence-electron chi connectivity index (χ3n) is 5.23. The molecule has 0 aliphatic carbocycles. The summed E-state index contributed by atoms with van der Waals surface area (Å²) in [5.74, 6) is 0.0178. The lowest BCUT2D eigenvalue weighted by molar-refractivity contribution is -0.00919. The summed E-state index contributed by atoms with van der Waals surface area (Å²) in [7, 11) is 0. The molecule has 2 aromatic heterocycles. The van der Waals surface area contributed by atoms with Crippen molar-refractivity contribution in [2.45, 2.75) is 12.1 Å². The standard InChI is InChI=1S/C19H17BrN4O2S2/c20-12-2-1-11-5-16(28-15(11)6-12)19(26)24-9-14(10-24)23-7-13(8-23)22-17(25)18-21-3-4-27-18/h1-6,13-14H,7-10H2,(H,22,25). The van der Waals surface area contributed by atoms with E-state index < -0.39 is 0 Å². The zero-order valence-electron chi connectivity index (χ0n) is 14.8. The number of thiazole rings is 1.